The molecular formula is C15H23NO. The molecule has 0 aromatic heterocycles. The van der Waals surface area contributed by atoms with Crippen molar-refractivity contribution in [2.75, 3.05) is 6.54 Å². The lowest BCUT2D eigenvalue weighted by Crippen LogP contribution is -2.21. The average molecular weight is 233 g/mol. The van der Waals surface area contributed by atoms with E-state index in [2.05, 4.69) is 24.4 Å². The third-order valence-electron chi connectivity index (χ3n) is 3.77. The van der Waals surface area contributed by atoms with Gasteiger partial charge in [-0.15, -0.1) is 0 Å². The molecule has 1 fully saturated rings. The lowest BCUT2D eigenvalue weighted by molar-refractivity contribution is 0.458. The first-order chi connectivity index (χ1) is 8.08. The molecule has 2 heteroatoms. The summed E-state index contributed by atoms with van der Waals surface area (Å²) < 4.78 is 0. The van der Waals surface area contributed by atoms with Gasteiger partial charge in [-0.05, 0) is 61.8 Å². The van der Waals surface area contributed by atoms with Gasteiger partial charge < -0.3 is 10.4 Å². The van der Waals surface area contributed by atoms with Gasteiger partial charge >= 0.3 is 0 Å². The Kier molecular flexibility index (Phi) is 3.72. The van der Waals surface area contributed by atoms with Crippen LogP contribution < -0.4 is 5.32 Å². The Labute approximate surface area is 104 Å². The van der Waals surface area contributed by atoms with Crippen LogP contribution in [0.15, 0.2) is 12.1 Å². The molecule has 0 amide bonds. The number of nitrogens with one attached hydrogen (secondary N) is 1. The lowest BCUT2D eigenvalue weighted by atomic mass is 10.0. The van der Waals surface area contributed by atoms with E-state index < -0.39 is 0 Å². The highest BCUT2D eigenvalue weighted by Gasteiger charge is 2.27. The minimum atomic E-state index is 0.431. The molecule has 0 heterocycles. The third kappa shape index (κ3) is 3.22. The molecule has 0 spiro atoms. The van der Waals surface area contributed by atoms with Crippen LogP contribution in [-0.4, -0.2) is 11.7 Å². The molecule has 1 aliphatic carbocycles. The van der Waals surface area contributed by atoms with Gasteiger partial charge in [0.2, 0.25) is 0 Å². The van der Waals surface area contributed by atoms with E-state index >= 15 is 0 Å². The van der Waals surface area contributed by atoms with E-state index in [4.69, 9.17) is 0 Å². The van der Waals surface area contributed by atoms with Crippen LogP contribution >= 0.6 is 0 Å². The summed E-state index contributed by atoms with van der Waals surface area (Å²) in [6.45, 7) is 8.25. The normalized spacial score (nSPS) is 17.1. The summed E-state index contributed by atoms with van der Waals surface area (Å²) in [5.74, 6) is 2.19. The summed E-state index contributed by atoms with van der Waals surface area (Å²) in [7, 11) is 0. The fraction of sp³-hybridized carbons (Fsp3) is 0.600. The zero-order valence-electron chi connectivity index (χ0n) is 11.1. The Bertz CT molecular complexity index is 373. The van der Waals surface area contributed by atoms with Crippen LogP contribution in [0.4, 0.5) is 0 Å². The second-order valence-electron chi connectivity index (χ2n) is 5.52. The first kappa shape index (κ1) is 12.4. The third-order valence-corrected chi connectivity index (χ3v) is 3.77. The molecule has 2 rings (SSSR count). The zero-order chi connectivity index (χ0) is 12.4. The molecule has 0 aliphatic heterocycles. The van der Waals surface area contributed by atoms with Crippen molar-refractivity contribution in [3.63, 3.8) is 0 Å². The molecule has 2 nitrogen and oxygen atoms in total. The highest BCUT2D eigenvalue weighted by atomic mass is 16.3. The van der Waals surface area contributed by atoms with Crippen LogP contribution in [0.25, 0.3) is 0 Å². The number of aryl methyl sites for hydroxylation is 2. The quantitative estimate of drug-likeness (QED) is 0.819. The van der Waals surface area contributed by atoms with Crippen LogP contribution in [0.3, 0.4) is 0 Å². The maximum atomic E-state index is 9.71. The van der Waals surface area contributed by atoms with Gasteiger partial charge in [0, 0.05) is 6.54 Å². The largest absolute Gasteiger partial charge is 0.507 e. The smallest absolute Gasteiger partial charge is 0.121 e. The van der Waals surface area contributed by atoms with Gasteiger partial charge in [0.05, 0.1) is 0 Å². The van der Waals surface area contributed by atoms with Crippen LogP contribution in [0.2, 0.25) is 0 Å². The first-order valence-corrected chi connectivity index (χ1v) is 6.57. The van der Waals surface area contributed by atoms with Gasteiger partial charge in [-0.2, -0.15) is 0 Å². The van der Waals surface area contributed by atoms with Crippen LogP contribution in [0.1, 0.15) is 36.5 Å². The minimum absolute atomic E-state index is 0.431. The van der Waals surface area contributed by atoms with E-state index in [9.17, 15) is 5.11 Å². The molecule has 1 aromatic rings. The lowest BCUT2D eigenvalue weighted by Gasteiger charge is -2.12. The summed E-state index contributed by atoms with van der Waals surface area (Å²) in [5, 5.41) is 13.2. The van der Waals surface area contributed by atoms with E-state index in [0.29, 0.717) is 5.75 Å². The molecule has 17 heavy (non-hydrogen) atoms. The highest BCUT2D eigenvalue weighted by Crippen LogP contribution is 2.36. The average Bonchev–Trinajstić information content (AvgIpc) is 3.09. The van der Waals surface area contributed by atoms with Gasteiger partial charge in [0.15, 0.2) is 0 Å². The van der Waals surface area contributed by atoms with E-state index in [1.54, 1.807) is 0 Å². The van der Waals surface area contributed by atoms with Crippen LogP contribution in [-0.2, 0) is 6.54 Å². The summed E-state index contributed by atoms with van der Waals surface area (Å²) in [6.07, 6.45) is 2.83. The Morgan fingerprint density at radius 1 is 1.29 bits per heavy atom. The van der Waals surface area contributed by atoms with E-state index in [0.717, 1.165) is 36.1 Å². The molecule has 0 radical (unpaired) electrons. The van der Waals surface area contributed by atoms with Crippen molar-refractivity contribution < 1.29 is 5.11 Å². The van der Waals surface area contributed by atoms with Gasteiger partial charge in [-0.25, -0.2) is 0 Å². The maximum absolute atomic E-state index is 9.71. The van der Waals surface area contributed by atoms with Crippen molar-refractivity contribution in [1.82, 2.24) is 5.32 Å². The molecule has 1 saturated carbocycles. The Balaban J connectivity index is 1.86. The first-order valence-electron chi connectivity index (χ1n) is 6.57. The summed E-state index contributed by atoms with van der Waals surface area (Å²) in [4.78, 5) is 0. The van der Waals surface area contributed by atoms with Crippen LogP contribution in [0.5, 0.6) is 5.75 Å². The van der Waals surface area contributed by atoms with Crippen molar-refractivity contribution >= 4 is 0 Å². The molecule has 0 saturated heterocycles. The van der Waals surface area contributed by atoms with E-state index in [-0.39, 0.29) is 0 Å². The fourth-order valence-electron chi connectivity index (χ4n) is 2.42. The Morgan fingerprint density at radius 2 is 1.88 bits per heavy atom. The van der Waals surface area contributed by atoms with Gasteiger partial charge in [-0.3, -0.25) is 0 Å². The summed E-state index contributed by atoms with van der Waals surface area (Å²) >= 11 is 0. The van der Waals surface area contributed by atoms with Crippen molar-refractivity contribution in [3.8, 4) is 5.75 Å². The minimum Gasteiger partial charge on any atom is -0.507 e. The fourth-order valence-corrected chi connectivity index (χ4v) is 2.42. The molecule has 94 valence electrons. The molecule has 1 unspecified atom stereocenters. The van der Waals surface area contributed by atoms with Crippen molar-refractivity contribution in [3.05, 3.63) is 28.8 Å². The topological polar surface area (TPSA) is 32.3 Å². The standard InChI is InChI=1S/C15H23NO/c1-10-6-13(7-11(2)15(10)17)9-16-8-12(3)14-4-5-14/h6-7,12,14,16-17H,4-5,8-9H2,1-3H3. The van der Waals surface area contributed by atoms with E-state index in [1.165, 1.54) is 18.4 Å². The predicted octanol–water partition coefficient (Wildman–Crippen LogP) is 3.14. The molecule has 1 aromatic carbocycles. The highest BCUT2D eigenvalue weighted by molar-refractivity contribution is 5.42. The van der Waals surface area contributed by atoms with Gasteiger partial charge in [0.1, 0.15) is 5.75 Å². The SMILES string of the molecule is Cc1cc(CNCC(C)C2CC2)cc(C)c1O. The number of benzene rings is 1. The molecule has 1 atom stereocenters. The number of aromatic hydroxyl groups is 1. The molecule has 2 N–H and O–H groups in total. The Hall–Kier alpha value is -1.02. The second-order valence-corrected chi connectivity index (χ2v) is 5.52. The number of phenolic OH excluding ortho intramolecular Hbond substituents is 1. The van der Waals surface area contributed by atoms with Crippen molar-refractivity contribution in [2.24, 2.45) is 11.8 Å². The Morgan fingerprint density at radius 3 is 2.41 bits per heavy atom. The number of rotatable bonds is 5. The van der Waals surface area contributed by atoms with E-state index in [1.807, 2.05) is 13.8 Å². The summed E-state index contributed by atoms with van der Waals surface area (Å²) in [6, 6.07) is 4.13. The summed E-state index contributed by atoms with van der Waals surface area (Å²) in [5.41, 5.74) is 3.20. The molecule has 0 bridgehead atoms. The van der Waals surface area contributed by atoms with Crippen molar-refractivity contribution in [2.45, 2.75) is 40.2 Å². The predicted molar refractivity (Wildman–Crippen MR) is 71.2 cm³/mol. The van der Waals surface area contributed by atoms with Gasteiger partial charge in [0.25, 0.3) is 0 Å². The zero-order valence-corrected chi connectivity index (χ0v) is 11.1. The maximum Gasteiger partial charge on any atom is 0.121 e. The second kappa shape index (κ2) is 5.09. The monoisotopic (exact) mass is 233 g/mol. The van der Waals surface area contributed by atoms with Crippen LogP contribution in [0, 0.1) is 25.7 Å². The van der Waals surface area contributed by atoms with Crippen molar-refractivity contribution in [1.29, 1.82) is 0 Å². The number of hydrogen-bond acceptors (Lipinski definition) is 2. The van der Waals surface area contributed by atoms with Gasteiger partial charge in [-0.1, -0.05) is 19.1 Å². The number of hydrogen-bond donors (Lipinski definition) is 2. The molecule has 1 aliphatic rings. The number of phenols is 1. The molecular weight excluding hydrogens is 210 g/mol.